The third-order valence-electron chi connectivity index (χ3n) is 2.68. The van der Waals surface area contributed by atoms with Gasteiger partial charge >= 0.3 is 5.97 Å². The summed E-state index contributed by atoms with van der Waals surface area (Å²) in [6, 6.07) is 8.92. The molecule has 6 heteroatoms. The fraction of sp³-hybridized carbons (Fsp3) is 0.143. The first-order valence-corrected chi connectivity index (χ1v) is 6.71. The summed E-state index contributed by atoms with van der Waals surface area (Å²) < 4.78 is 5.04. The van der Waals surface area contributed by atoms with Gasteiger partial charge in [-0.15, -0.1) is 11.3 Å². The van der Waals surface area contributed by atoms with E-state index in [-0.39, 0.29) is 0 Å². The van der Waals surface area contributed by atoms with Gasteiger partial charge in [0.2, 0.25) is 0 Å². The lowest BCUT2D eigenvalue weighted by molar-refractivity contribution is -0.139. The zero-order valence-electron chi connectivity index (χ0n) is 10.7. The van der Waals surface area contributed by atoms with E-state index in [2.05, 4.69) is 5.32 Å². The molecule has 1 atom stereocenters. The zero-order valence-corrected chi connectivity index (χ0v) is 11.5. The van der Waals surface area contributed by atoms with Gasteiger partial charge in [0, 0.05) is 10.4 Å². The topological polar surface area (TPSA) is 75.6 Å². The number of methoxy groups -OCH3 is 1. The Balaban J connectivity index is 2.18. The molecule has 0 saturated carbocycles. The van der Waals surface area contributed by atoms with E-state index >= 15 is 0 Å². The van der Waals surface area contributed by atoms with E-state index in [0.29, 0.717) is 16.2 Å². The van der Waals surface area contributed by atoms with Gasteiger partial charge in [-0.1, -0.05) is 12.1 Å². The Morgan fingerprint density at radius 3 is 2.70 bits per heavy atom. The molecule has 2 N–H and O–H groups in total. The van der Waals surface area contributed by atoms with Gasteiger partial charge in [0.1, 0.15) is 5.75 Å². The average Bonchev–Trinajstić information content (AvgIpc) is 2.98. The molecular weight excluding hydrogens is 278 g/mol. The van der Waals surface area contributed by atoms with Crippen LogP contribution in [-0.2, 0) is 4.79 Å². The number of ether oxygens (including phenoxy) is 1. The van der Waals surface area contributed by atoms with Crippen LogP contribution in [0, 0.1) is 0 Å². The maximum absolute atomic E-state index is 12.1. The number of carboxylic acid groups (broad SMARTS) is 1. The van der Waals surface area contributed by atoms with E-state index in [1.54, 1.807) is 41.8 Å². The Labute approximate surface area is 119 Å². The molecule has 1 aromatic carbocycles. The molecule has 0 aliphatic heterocycles. The minimum absolute atomic E-state index is 0.354. The Morgan fingerprint density at radius 1 is 1.30 bits per heavy atom. The molecule has 0 aliphatic rings. The molecule has 0 aliphatic carbocycles. The highest BCUT2D eigenvalue weighted by atomic mass is 32.1. The zero-order chi connectivity index (χ0) is 14.5. The molecule has 20 heavy (non-hydrogen) atoms. The van der Waals surface area contributed by atoms with Crippen LogP contribution >= 0.6 is 11.3 Å². The fourth-order valence-corrected chi connectivity index (χ4v) is 2.46. The summed E-state index contributed by atoms with van der Waals surface area (Å²) in [6.45, 7) is 0. The highest BCUT2D eigenvalue weighted by Crippen LogP contribution is 2.20. The largest absolute Gasteiger partial charge is 0.497 e. The van der Waals surface area contributed by atoms with Gasteiger partial charge in [-0.05, 0) is 29.6 Å². The number of hydrogen-bond donors (Lipinski definition) is 2. The number of carbonyl (C=O) groups excluding carboxylic acids is 1. The van der Waals surface area contributed by atoms with Gasteiger partial charge in [-0.2, -0.15) is 0 Å². The quantitative estimate of drug-likeness (QED) is 0.886. The van der Waals surface area contributed by atoms with E-state index in [4.69, 9.17) is 4.74 Å². The first kappa shape index (κ1) is 14.1. The van der Waals surface area contributed by atoms with E-state index in [1.807, 2.05) is 0 Å². The molecular formula is C14H13NO4S. The monoisotopic (exact) mass is 291 g/mol. The number of carbonyl (C=O) groups is 2. The minimum Gasteiger partial charge on any atom is -0.497 e. The van der Waals surface area contributed by atoms with E-state index in [0.717, 1.165) is 0 Å². The number of nitrogens with one attached hydrogen (secondary N) is 1. The van der Waals surface area contributed by atoms with Crippen LogP contribution in [-0.4, -0.2) is 24.1 Å². The molecule has 1 aromatic heterocycles. The number of benzene rings is 1. The number of aliphatic carboxylic acids is 1. The van der Waals surface area contributed by atoms with Crippen LogP contribution in [0.5, 0.6) is 5.75 Å². The number of carboxylic acids is 1. The maximum Gasteiger partial charge on any atom is 0.331 e. The van der Waals surface area contributed by atoms with Crippen LogP contribution in [0.2, 0.25) is 0 Å². The van der Waals surface area contributed by atoms with Crippen molar-refractivity contribution < 1.29 is 19.4 Å². The molecule has 2 aromatic rings. The summed E-state index contributed by atoms with van der Waals surface area (Å²) in [6.07, 6.45) is 0. The first-order valence-electron chi connectivity index (χ1n) is 5.83. The third kappa shape index (κ3) is 3.16. The third-order valence-corrected chi connectivity index (χ3v) is 3.62. The molecule has 0 spiro atoms. The standard InChI is InChI=1S/C14H13NO4S/c1-19-10-5-2-4-9(8-10)13(16)15-12(14(17)18)11-6-3-7-20-11/h2-8,12H,1H3,(H,15,16)(H,17,18). The Bertz CT molecular complexity index is 609. The fourth-order valence-electron chi connectivity index (χ4n) is 1.69. The SMILES string of the molecule is COc1cccc(C(=O)NC(C(=O)O)c2cccs2)c1. The van der Waals surface area contributed by atoms with Crippen molar-refractivity contribution in [3.05, 3.63) is 52.2 Å². The van der Waals surface area contributed by atoms with Crippen LogP contribution in [0.3, 0.4) is 0 Å². The van der Waals surface area contributed by atoms with Crippen molar-refractivity contribution in [1.82, 2.24) is 5.32 Å². The normalized spacial score (nSPS) is 11.7. The summed E-state index contributed by atoms with van der Waals surface area (Å²) in [5.41, 5.74) is 0.354. The van der Waals surface area contributed by atoms with Crippen LogP contribution in [0.1, 0.15) is 21.3 Å². The maximum atomic E-state index is 12.1. The second kappa shape index (κ2) is 6.21. The molecule has 0 bridgehead atoms. The predicted molar refractivity (Wildman–Crippen MR) is 75.2 cm³/mol. The van der Waals surface area contributed by atoms with Crippen LogP contribution in [0.4, 0.5) is 0 Å². The summed E-state index contributed by atoms with van der Waals surface area (Å²) >= 11 is 1.28. The molecule has 1 heterocycles. The van der Waals surface area contributed by atoms with Gasteiger partial charge in [-0.25, -0.2) is 4.79 Å². The number of thiophene rings is 1. The molecule has 0 radical (unpaired) electrons. The summed E-state index contributed by atoms with van der Waals surface area (Å²) in [7, 11) is 1.50. The van der Waals surface area contributed by atoms with E-state index in [1.165, 1.54) is 18.4 Å². The molecule has 2 rings (SSSR count). The molecule has 0 fully saturated rings. The van der Waals surface area contributed by atoms with Gasteiger partial charge in [0.05, 0.1) is 7.11 Å². The predicted octanol–water partition coefficient (Wildman–Crippen LogP) is 2.31. The number of rotatable bonds is 5. The smallest absolute Gasteiger partial charge is 0.331 e. The van der Waals surface area contributed by atoms with Gasteiger partial charge in [-0.3, -0.25) is 4.79 Å². The van der Waals surface area contributed by atoms with Crippen LogP contribution in [0.15, 0.2) is 41.8 Å². The highest BCUT2D eigenvalue weighted by molar-refractivity contribution is 7.10. The van der Waals surface area contributed by atoms with Gasteiger partial charge < -0.3 is 15.2 Å². The van der Waals surface area contributed by atoms with Crippen molar-refractivity contribution >= 4 is 23.2 Å². The lowest BCUT2D eigenvalue weighted by Gasteiger charge is -2.13. The molecule has 104 valence electrons. The summed E-state index contributed by atoms with van der Waals surface area (Å²) in [4.78, 5) is 23.9. The van der Waals surface area contributed by atoms with Crippen LogP contribution in [0.25, 0.3) is 0 Å². The highest BCUT2D eigenvalue weighted by Gasteiger charge is 2.23. The number of hydrogen-bond acceptors (Lipinski definition) is 4. The second-order valence-corrected chi connectivity index (χ2v) is 4.97. The van der Waals surface area contributed by atoms with Gasteiger partial charge in [0.15, 0.2) is 6.04 Å². The molecule has 1 unspecified atom stereocenters. The summed E-state index contributed by atoms with van der Waals surface area (Å²) in [5, 5.41) is 13.5. The van der Waals surface area contributed by atoms with Crippen molar-refractivity contribution in [3.8, 4) is 5.75 Å². The van der Waals surface area contributed by atoms with Crippen molar-refractivity contribution in [2.45, 2.75) is 6.04 Å². The van der Waals surface area contributed by atoms with Crippen molar-refractivity contribution in [3.63, 3.8) is 0 Å². The average molecular weight is 291 g/mol. The van der Waals surface area contributed by atoms with E-state index in [9.17, 15) is 14.7 Å². The van der Waals surface area contributed by atoms with E-state index < -0.39 is 17.9 Å². The molecule has 1 amide bonds. The lowest BCUT2D eigenvalue weighted by Crippen LogP contribution is -2.33. The van der Waals surface area contributed by atoms with Crippen molar-refractivity contribution in [2.24, 2.45) is 0 Å². The second-order valence-electron chi connectivity index (χ2n) is 3.99. The van der Waals surface area contributed by atoms with Crippen molar-refractivity contribution in [2.75, 3.05) is 7.11 Å². The Hall–Kier alpha value is -2.34. The Morgan fingerprint density at radius 2 is 2.10 bits per heavy atom. The first-order chi connectivity index (χ1) is 9.61. The molecule has 5 nitrogen and oxygen atoms in total. The minimum atomic E-state index is -1.09. The molecule has 0 saturated heterocycles. The van der Waals surface area contributed by atoms with Crippen molar-refractivity contribution in [1.29, 1.82) is 0 Å². The number of amides is 1. The Kier molecular flexibility index (Phi) is 4.37. The van der Waals surface area contributed by atoms with Crippen LogP contribution < -0.4 is 10.1 Å². The summed E-state index contributed by atoms with van der Waals surface area (Å²) in [5.74, 6) is -1.01. The lowest BCUT2D eigenvalue weighted by atomic mass is 10.1. The van der Waals surface area contributed by atoms with Gasteiger partial charge in [0.25, 0.3) is 5.91 Å².